The number of piperidine rings is 1. The molecular formula is C24H36N6O4. The zero-order valence-corrected chi connectivity index (χ0v) is 19.8. The highest BCUT2D eigenvalue weighted by atomic mass is 16.5. The van der Waals surface area contributed by atoms with Crippen molar-refractivity contribution in [2.24, 2.45) is 11.7 Å². The molecular weight excluding hydrogens is 436 g/mol. The van der Waals surface area contributed by atoms with Crippen LogP contribution in [0.1, 0.15) is 47.5 Å². The number of nitrogens with zero attached hydrogens (tertiary/aromatic N) is 1. The Morgan fingerprint density at radius 1 is 1.24 bits per heavy atom. The summed E-state index contributed by atoms with van der Waals surface area (Å²) < 4.78 is 5.54. The highest BCUT2D eigenvalue weighted by Crippen LogP contribution is 2.31. The number of benzene rings is 1. The minimum Gasteiger partial charge on any atom is -0.496 e. The molecule has 3 fully saturated rings. The first kappa shape index (κ1) is 24.4. The predicted molar refractivity (Wildman–Crippen MR) is 128 cm³/mol. The van der Waals surface area contributed by atoms with Gasteiger partial charge in [0.15, 0.2) is 0 Å². The van der Waals surface area contributed by atoms with Crippen molar-refractivity contribution in [2.75, 3.05) is 46.4 Å². The van der Waals surface area contributed by atoms with Crippen LogP contribution >= 0.6 is 0 Å². The number of hydrogen-bond acceptors (Lipinski definition) is 7. The number of rotatable bonds is 7. The summed E-state index contributed by atoms with van der Waals surface area (Å²) in [5, 5.41) is 11.9. The van der Waals surface area contributed by atoms with E-state index in [1.54, 1.807) is 18.2 Å². The molecule has 3 heterocycles. The van der Waals surface area contributed by atoms with E-state index in [1.807, 2.05) is 4.90 Å². The summed E-state index contributed by atoms with van der Waals surface area (Å²) in [5.74, 6) is 0.0697. The van der Waals surface area contributed by atoms with Crippen LogP contribution in [0.15, 0.2) is 18.2 Å². The molecule has 0 aromatic heterocycles. The lowest BCUT2D eigenvalue weighted by Gasteiger charge is -2.40. The van der Waals surface area contributed by atoms with Crippen LogP contribution in [-0.2, 0) is 4.79 Å². The van der Waals surface area contributed by atoms with Gasteiger partial charge in [-0.3, -0.25) is 14.9 Å². The van der Waals surface area contributed by atoms with Crippen LogP contribution in [0, 0.1) is 5.92 Å². The first-order valence-corrected chi connectivity index (χ1v) is 12.2. The second-order valence-electron chi connectivity index (χ2n) is 9.42. The molecule has 4 rings (SSSR count). The molecule has 0 spiro atoms. The molecule has 4 unspecified atom stereocenters. The normalized spacial score (nSPS) is 27.6. The van der Waals surface area contributed by atoms with E-state index in [9.17, 15) is 14.4 Å². The maximum absolute atomic E-state index is 13.6. The molecule has 186 valence electrons. The van der Waals surface area contributed by atoms with Crippen molar-refractivity contribution in [1.82, 2.24) is 26.2 Å². The van der Waals surface area contributed by atoms with Crippen molar-refractivity contribution in [2.45, 2.75) is 43.7 Å². The van der Waals surface area contributed by atoms with Gasteiger partial charge in [-0.15, -0.1) is 0 Å². The number of imide groups is 1. The predicted octanol–water partition coefficient (Wildman–Crippen LogP) is 0.139. The Labute approximate surface area is 200 Å². The van der Waals surface area contributed by atoms with Crippen molar-refractivity contribution >= 4 is 17.8 Å². The SMILES string of the molecule is COc1cc(C(=O)N2CCNCC2CC2CCNC(CCN)C2)ccc1C1CNC(=O)NC1=O. The average Bonchev–Trinajstić information content (AvgIpc) is 2.84. The number of carbonyl (C=O) groups excluding carboxylic acids is 3. The minimum absolute atomic E-state index is 0.0230. The summed E-state index contributed by atoms with van der Waals surface area (Å²) in [7, 11) is 1.52. The van der Waals surface area contributed by atoms with Crippen molar-refractivity contribution in [3.8, 4) is 5.75 Å². The van der Waals surface area contributed by atoms with Gasteiger partial charge in [0.25, 0.3) is 5.91 Å². The number of nitrogens with two attached hydrogens (primary N) is 1. The van der Waals surface area contributed by atoms with E-state index in [2.05, 4.69) is 21.3 Å². The fourth-order valence-electron chi connectivity index (χ4n) is 5.43. The Morgan fingerprint density at radius 3 is 2.85 bits per heavy atom. The summed E-state index contributed by atoms with van der Waals surface area (Å²) >= 11 is 0. The van der Waals surface area contributed by atoms with E-state index in [4.69, 9.17) is 10.5 Å². The van der Waals surface area contributed by atoms with Crippen LogP contribution in [0.3, 0.4) is 0 Å². The minimum atomic E-state index is -0.565. The molecule has 6 N–H and O–H groups in total. The Morgan fingerprint density at radius 2 is 2.09 bits per heavy atom. The van der Waals surface area contributed by atoms with Gasteiger partial charge < -0.3 is 31.3 Å². The zero-order chi connectivity index (χ0) is 24.1. The van der Waals surface area contributed by atoms with Gasteiger partial charge >= 0.3 is 6.03 Å². The Bertz CT molecular complexity index is 907. The number of hydrogen-bond donors (Lipinski definition) is 5. The van der Waals surface area contributed by atoms with Gasteiger partial charge in [-0.1, -0.05) is 6.07 Å². The first-order valence-electron chi connectivity index (χ1n) is 12.2. The van der Waals surface area contributed by atoms with E-state index < -0.39 is 11.9 Å². The summed E-state index contributed by atoms with van der Waals surface area (Å²) in [6, 6.07) is 5.32. The van der Waals surface area contributed by atoms with Crippen LogP contribution < -0.4 is 31.7 Å². The zero-order valence-electron chi connectivity index (χ0n) is 19.8. The molecule has 0 radical (unpaired) electrons. The molecule has 1 aromatic carbocycles. The summed E-state index contributed by atoms with van der Waals surface area (Å²) in [6.07, 6.45) is 4.16. The van der Waals surface area contributed by atoms with E-state index in [0.29, 0.717) is 41.9 Å². The number of ether oxygens (including phenoxy) is 1. The quantitative estimate of drug-likeness (QED) is 0.381. The number of carbonyl (C=O) groups is 3. The van der Waals surface area contributed by atoms with E-state index in [0.717, 1.165) is 45.3 Å². The van der Waals surface area contributed by atoms with Gasteiger partial charge in [0.05, 0.1) is 13.0 Å². The molecule has 0 bridgehead atoms. The summed E-state index contributed by atoms with van der Waals surface area (Å²) in [4.78, 5) is 39.3. The topological polar surface area (TPSA) is 138 Å². The van der Waals surface area contributed by atoms with Gasteiger partial charge in [0.1, 0.15) is 5.75 Å². The van der Waals surface area contributed by atoms with Crippen LogP contribution in [0.4, 0.5) is 4.79 Å². The monoisotopic (exact) mass is 472 g/mol. The van der Waals surface area contributed by atoms with E-state index >= 15 is 0 Å². The number of urea groups is 1. The Kier molecular flexibility index (Phi) is 8.02. The fourth-order valence-corrected chi connectivity index (χ4v) is 5.43. The second kappa shape index (κ2) is 11.2. The standard InChI is InChI=1S/C24H36N6O4/c1-34-21-12-16(2-3-19(21)20-14-28-24(33)29-22(20)31)23(32)30-9-8-26-13-18(30)11-15-5-7-27-17(10-15)4-6-25/h2-3,12,15,17-18,20,26-27H,4-11,13-14,25H2,1H3,(H2,28,29,31,33). The Balaban J connectivity index is 1.48. The number of nitrogens with one attached hydrogen (secondary N) is 4. The van der Waals surface area contributed by atoms with E-state index in [1.165, 1.54) is 7.11 Å². The number of methoxy groups -OCH3 is 1. The molecule has 4 atom stereocenters. The molecule has 4 amide bonds. The molecule has 3 saturated heterocycles. The van der Waals surface area contributed by atoms with Crippen LogP contribution in [0.25, 0.3) is 0 Å². The maximum Gasteiger partial charge on any atom is 0.321 e. The van der Waals surface area contributed by atoms with Crippen molar-refractivity contribution in [3.05, 3.63) is 29.3 Å². The molecule has 0 aliphatic carbocycles. The first-order chi connectivity index (χ1) is 16.5. The van der Waals surface area contributed by atoms with Crippen LogP contribution in [0.5, 0.6) is 5.75 Å². The Hall–Kier alpha value is -2.69. The average molecular weight is 473 g/mol. The van der Waals surface area contributed by atoms with Gasteiger partial charge in [-0.25, -0.2) is 4.79 Å². The van der Waals surface area contributed by atoms with E-state index in [-0.39, 0.29) is 24.4 Å². The molecule has 10 nitrogen and oxygen atoms in total. The van der Waals surface area contributed by atoms with Crippen molar-refractivity contribution in [3.63, 3.8) is 0 Å². The third-order valence-electron chi connectivity index (χ3n) is 7.21. The largest absolute Gasteiger partial charge is 0.496 e. The molecule has 3 aliphatic rings. The summed E-state index contributed by atoms with van der Waals surface area (Å²) in [5.41, 5.74) is 6.95. The van der Waals surface area contributed by atoms with Gasteiger partial charge in [0, 0.05) is 49.4 Å². The fraction of sp³-hybridized carbons (Fsp3) is 0.625. The lowest BCUT2D eigenvalue weighted by atomic mass is 9.85. The lowest BCUT2D eigenvalue weighted by molar-refractivity contribution is -0.122. The molecule has 34 heavy (non-hydrogen) atoms. The maximum atomic E-state index is 13.6. The van der Waals surface area contributed by atoms with Crippen molar-refractivity contribution < 1.29 is 19.1 Å². The molecule has 1 aromatic rings. The number of piperazine rings is 1. The summed E-state index contributed by atoms with van der Waals surface area (Å²) in [6.45, 7) is 4.08. The van der Waals surface area contributed by atoms with Crippen molar-refractivity contribution in [1.29, 1.82) is 0 Å². The molecule has 10 heteroatoms. The molecule has 3 aliphatic heterocycles. The van der Waals surface area contributed by atoms with Gasteiger partial charge in [0.2, 0.25) is 5.91 Å². The van der Waals surface area contributed by atoms with Crippen LogP contribution in [0.2, 0.25) is 0 Å². The third kappa shape index (κ3) is 5.51. The second-order valence-corrected chi connectivity index (χ2v) is 9.42. The van der Waals surface area contributed by atoms with Gasteiger partial charge in [-0.05, 0) is 56.8 Å². The highest BCUT2D eigenvalue weighted by Gasteiger charge is 2.33. The van der Waals surface area contributed by atoms with Gasteiger partial charge in [-0.2, -0.15) is 0 Å². The third-order valence-corrected chi connectivity index (χ3v) is 7.21. The lowest BCUT2D eigenvalue weighted by Crippen LogP contribution is -2.54. The molecule has 0 saturated carbocycles. The highest BCUT2D eigenvalue weighted by molar-refractivity contribution is 6.01. The smallest absolute Gasteiger partial charge is 0.321 e. The van der Waals surface area contributed by atoms with Crippen LogP contribution in [-0.4, -0.2) is 81.2 Å². The number of amides is 4.